The molecular formula is C18H23N3O5S. The number of benzene rings is 2. The van der Waals surface area contributed by atoms with Crippen molar-refractivity contribution in [3.05, 3.63) is 64.2 Å². The second kappa shape index (κ2) is 8.47. The zero-order valence-electron chi connectivity index (χ0n) is 15.4. The van der Waals surface area contributed by atoms with Crippen molar-refractivity contribution in [2.75, 3.05) is 31.5 Å². The Kier molecular flexibility index (Phi) is 6.53. The van der Waals surface area contributed by atoms with Gasteiger partial charge in [0, 0.05) is 12.6 Å². The monoisotopic (exact) mass is 393 g/mol. The van der Waals surface area contributed by atoms with Crippen LogP contribution >= 0.6 is 0 Å². The van der Waals surface area contributed by atoms with Crippen LogP contribution in [0.1, 0.15) is 5.56 Å². The molecular weight excluding hydrogens is 370 g/mol. The summed E-state index contributed by atoms with van der Waals surface area (Å²) in [6, 6.07) is 11.9. The molecule has 0 heterocycles. The van der Waals surface area contributed by atoms with Gasteiger partial charge < -0.3 is 10.0 Å². The first kappa shape index (κ1) is 20.8. The zero-order chi connectivity index (χ0) is 20.2. The number of aryl methyl sites for hydroxylation is 1. The van der Waals surface area contributed by atoms with Crippen LogP contribution in [0.2, 0.25) is 0 Å². The van der Waals surface area contributed by atoms with Crippen molar-refractivity contribution in [3.8, 4) is 0 Å². The van der Waals surface area contributed by atoms with Gasteiger partial charge in [-0.15, -0.1) is 0 Å². The van der Waals surface area contributed by atoms with Gasteiger partial charge in [-0.3, -0.25) is 14.4 Å². The lowest BCUT2D eigenvalue weighted by atomic mass is 10.2. The lowest BCUT2D eigenvalue weighted by Crippen LogP contribution is -2.41. The van der Waals surface area contributed by atoms with E-state index in [2.05, 4.69) is 0 Å². The van der Waals surface area contributed by atoms with Crippen LogP contribution in [0, 0.1) is 17.0 Å². The number of hydrogen-bond donors (Lipinski definition) is 1. The van der Waals surface area contributed by atoms with E-state index in [9.17, 15) is 23.6 Å². The number of nitro benzene ring substituents is 1. The van der Waals surface area contributed by atoms with Crippen LogP contribution in [-0.4, -0.2) is 56.6 Å². The van der Waals surface area contributed by atoms with Gasteiger partial charge in [0.15, 0.2) is 4.90 Å². The number of hydrogen-bond acceptors (Lipinski definition) is 6. The molecule has 0 aromatic heterocycles. The first-order valence-corrected chi connectivity index (χ1v) is 9.72. The van der Waals surface area contributed by atoms with Crippen molar-refractivity contribution in [1.29, 1.82) is 0 Å². The first-order valence-electron chi connectivity index (χ1n) is 8.28. The number of rotatable bonds is 8. The first-order chi connectivity index (χ1) is 12.6. The molecule has 0 aliphatic rings. The molecule has 0 radical (unpaired) electrons. The van der Waals surface area contributed by atoms with E-state index in [1.54, 1.807) is 43.3 Å². The van der Waals surface area contributed by atoms with Crippen molar-refractivity contribution in [2.24, 2.45) is 0 Å². The van der Waals surface area contributed by atoms with Gasteiger partial charge in [-0.1, -0.05) is 29.8 Å². The molecule has 0 amide bonds. The Morgan fingerprint density at radius 1 is 1.07 bits per heavy atom. The summed E-state index contributed by atoms with van der Waals surface area (Å²) in [6.07, 6.45) is -0.973. The van der Waals surface area contributed by atoms with Crippen LogP contribution in [0.3, 0.4) is 0 Å². The van der Waals surface area contributed by atoms with Crippen LogP contribution in [0.15, 0.2) is 53.4 Å². The average Bonchev–Trinajstić information content (AvgIpc) is 2.60. The molecule has 0 aliphatic heterocycles. The maximum absolute atomic E-state index is 13.3. The molecule has 1 atom stereocenters. The summed E-state index contributed by atoms with van der Waals surface area (Å²) >= 11 is 0. The smallest absolute Gasteiger partial charge is 0.289 e. The highest BCUT2D eigenvalue weighted by Gasteiger charge is 2.33. The molecule has 0 bridgehead atoms. The molecule has 1 N–H and O–H groups in total. The fraction of sp³-hybridized carbons (Fsp3) is 0.333. The van der Waals surface area contributed by atoms with Gasteiger partial charge in [0.1, 0.15) is 0 Å². The normalized spacial score (nSPS) is 12.8. The molecule has 0 fully saturated rings. The van der Waals surface area contributed by atoms with Gasteiger partial charge in [0.25, 0.3) is 15.7 Å². The Morgan fingerprint density at radius 3 is 2.22 bits per heavy atom. The topological polar surface area (TPSA) is 104 Å². The Labute approximate surface area is 158 Å². The highest BCUT2D eigenvalue weighted by atomic mass is 32.2. The van der Waals surface area contributed by atoms with Gasteiger partial charge in [-0.25, -0.2) is 8.42 Å². The molecule has 0 aliphatic carbocycles. The summed E-state index contributed by atoms with van der Waals surface area (Å²) < 4.78 is 27.5. The lowest BCUT2D eigenvalue weighted by molar-refractivity contribution is -0.387. The Morgan fingerprint density at radius 2 is 1.67 bits per heavy atom. The molecule has 1 unspecified atom stereocenters. The lowest BCUT2D eigenvalue weighted by Gasteiger charge is -2.28. The molecule has 9 heteroatoms. The third kappa shape index (κ3) is 5.03. The Bertz CT molecular complexity index is 897. The summed E-state index contributed by atoms with van der Waals surface area (Å²) in [4.78, 5) is 11.9. The van der Waals surface area contributed by atoms with E-state index < -0.39 is 31.6 Å². The largest absolute Gasteiger partial charge is 0.390 e. The van der Waals surface area contributed by atoms with Gasteiger partial charge >= 0.3 is 0 Å². The third-order valence-corrected chi connectivity index (χ3v) is 5.75. The third-order valence-electron chi connectivity index (χ3n) is 3.90. The summed E-state index contributed by atoms with van der Waals surface area (Å²) in [7, 11) is -0.741. The van der Waals surface area contributed by atoms with Crippen molar-refractivity contribution in [3.63, 3.8) is 0 Å². The van der Waals surface area contributed by atoms with Crippen molar-refractivity contribution >= 4 is 21.4 Å². The average molecular weight is 393 g/mol. The van der Waals surface area contributed by atoms with Gasteiger partial charge in [0.05, 0.1) is 23.3 Å². The maximum atomic E-state index is 13.3. The standard InChI is InChI=1S/C18H23N3O5S/c1-14-8-10-15(11-9-14)20(13-16(22)12-19(2)3)27(25,26)18-7-5-4-6-17(18)21(23)24/h4-11,16,22H,12-13H2,1-3H3. The summed E-state index contributed by atoms with van der Waals surface area (Å²) in [5, 5.41) is 21.6. The van der Waals surface area contributed by atoms with E-state index in [4.69, 9.17) is 0 Å². The van der Waals surface area contributed by atoms with E-state index >= 15 is 0 Å². The summed E-state index contributed by atoms with van der Waals surface area (Å²) in [5.41, 5.74) is 0.767. The van der Waals surface area contributed by atoms with E-state index in [0.717, 1.165) is 15.9 Å². The van der Waals surface area contributed by atoms with E-state index in [0.29, 0.717) is 5.69 Å². The number of sulfonamides is 1. The molecule has 2 aromatic carbocycles. The molecule has 8 nitrogen and oxygen atoms in total. The molecule has 0 saturated heterocycles. The minimum atomic E-state index is -4.26. The van der Waals surface area contributed by atoms with Crippen molar-refractivity contribution < 1.29 is 18.4 Å². The molecule has 27 heavy (non-hydrogen) atoms. The zero-order valence-corrected chi connectivity index (χ0v) is 16.3. The van der Waals surface area contributed by atoms with Crippen LogP contribution in [0.4, 0.5) is 11.4 Å². The Hall–Kier alpha value is -2.49. The minimum Gasteiger partial charge on any atom is -0.390 e. The van der Waals surface area contributed by atoms with Crippen molar-refractivity contribution in [1.82, 2.24) is 4.90 Å². The quantitative estimate of drug-likeness (QED) is 0.544. The van der Waals surface area contributed by atoms with Gasteiger partial charge in [0.2, 0.25) is 0 Å². The molecule has 146 valence electrons. The highest BCUT2D eigenvalue weighted by Crippen LogP contribution is 2.30. The summed E-state index contributed by atoms with van der Waals surface area (Å²) in [6.45, 7) is 1.88. The number of aliphatic hydroxyl groups is 1. The second-order valence-electron chi connectivity index (χ2n) is 6.51. The van der Waals surface area contributed by atoms with Crippen molar-refractivity contribution in [2.45, 2.75) is 17.9 Å². The minimum absolute atomic E-state index is 0.227. The highest BCUT2D eigenvalue weighted by molar-refractivity contribution is 7.93. The number of para-hydroxylation sites is 1. The van der Waals surface area contributed by atoms with Crippen LogP contribution in [0.25, 0.3) is 0 Å². The number of nitro groups is 1. The summed E-state index contributed by atoms with van der Waals surface area (Å²) in [5.74, 6) is 0. The Balaban J connectivity index is 2.55. The van der Waals surface area contributed by atoms with Crippen LogP contribution in [0.5, 0.6) is 0 Å². The maximum Gasteiger partial charge on any atom is 0.289 e. The van der Waals surface area contributed by atoms with E-state index in [-0.39, 0.29) is 13.1 Å². The predicted octanol–water partition coefficient (Wildman–Crippen LogP) is 2.02. The number of aliphatic hydroxyl groups excluding tert-OH is 1. The molecule has 0 spiro atoms. The van der Waals surface area contributed by atoms with E-state index in [1.807, 2.05) is 6.92 Å². The van der Waals surface area contributed by atoms with E-state index in [1.165, 1.54) is 18.2 Å². The predicted molar refractivity (Wildman–Crippen MR) is 103 cm³/mol. The number of anilines is 1. The molecule has 2 rings (SSSR count). The van der Waals surface area contributed by atoms with Gasteiger partial charge in [-0.2, -0.15) is 0 Å². The van der Waals surface area contributed by atoms with Gasteiger partial charge in [-0.05, 0) is 39.2 Å². The molecule has 0 saturated carbocycles. The van der Waals surface area contributed by atoms with Crippen LogP contribution in [-0.2, 0) is 10.0 Å². The molecule has 2 aromatic rings. The fourth-order valence-electron chi connectivity index (χ4n) is 2.67. The number of nitrogens with zero attached hydrogens (tertiary/aromatic N) is 3. The second-order valence-corrected chi connectivity index (χ2v) is 8.34. The fourth-order valence-corrected chi connectivity index (χ4v) is 4.33. The number of likely N-dealkylation sites (N-methyl/N-ethyl adjacent to an activating group) is 1. The SMILES string of the molecule is Cc1ccc(N(CC(O)CN(C)C)S(=O)(=O)c2ccccc2[N+](=O)[O-])cc1. The van der Waals surface area contributed by atoms with Crippen LogP contribution < -0.4 is 4.31 Å².